The van der Waals surface area contributed by atoms with Crippen LogP contribution in [0.25, 0.3) is 22.3 Å². The molecule has 0 aliphatic carbocycles. The van der Waals surface area contributed by atoms with E-state index in [0.29, 0.717) is 59.4 Å². The van der Waals surface area contributed by atoms with Gasteiger partial charge in [0.15, 0.2) is 5.65 Å². The number of aromatic nitrogens is 4. The molecule has 4 N–H and O–H groups in total. The van der Waals surface area contributed by atoms with Gasteiger partial charge in [-0.1, -0.05) is 12.1 Å². The lowest BCUT2D eigenvalue weighted by Gasteiger charge is -2.12. The number of nitrogens with zero attached hydrogens (tertiary/aromatic N) is 4. The Morgan fingerprint density at radius 3 is 2.57 bits per heavy atom. The van der Waals surface area contributed by atoms with Crippen LogP contribution in [-0.2, 0) is 12.8 Å². The number of hydrogen-bond donors (Lipinski definition) is 4. The summed E-state index contributed by atoms with van der Waals surface area (Å²) in [5.41, 5.74) is 0.518. The average molecular weight is 489 g/mol. The third kappa shape index (κ3) is 5.53. The number of hydrogen-bond acceptors (Lipinski definition) is 6. The van der Waals surface area contributed by atoms with Gasteiger partial charge in [-0.15, -0.1) is 0 Å². The van der Waals surface area contributed by atoms with Gasteiger partial charge in [0.25, 0.3) is 0 Å². The fraction of sp³-hybridized carbons (Fsp3) is 0.182. The summed E-state index contributed by atoms with van der Waals surface area (Å²) in [4.78, 5) is 20.5. The molecule has 9 nitrogen and oxygen atoms in total. The van der Waals surface area contributed by atoms with Gasteiger partial charge in [-0.25, -0.2) is 23.8 Å². The van der Waals surface area contributed by atoms with Crippen LogP contribution < -0.4 is 16.0 Å². The van der Waals surface area contributed by atoms with Crippen LogP contribution >= 0.6 is 0 Å². The lowest BCUT2D eigenvalue weighted by molar-refractivity contribution is -0.137. The van der Waals surface area contributed by atoms with Crippen molar-refractivity contribution in [3.8, 4) is 11.3 Å². The minimum atomic E-state index is -4.67. The van der Waals surface area contributed by atoms with Gasteiger partial charge in [-0.2, -0.15) is 18.3 Å². The summed E-state index contributed by atoms with van der Waals surface area (Å²) in [5.74, 6) is -0.998. The molecule has 2 amide bonds. The topological polar surface area (TPSA) is 117 Å². The number of carbonyl (C=O) groups is 1. The largest absolute Gasteiger partial charge is 0.416 e. The number of rotatable bonds is 7. The van der Waals surface area contributed by atoms with Crippen molar-refractivity contribution in [2.45, 2.75) is 12.8 Å². The molecule has 2 aromatic heterocycles. The minimum absolute atomic E-state index is 0.0243. The second-order valence-electron chi connectivity index (χ2n) is 7.34. The predicted octanol–water partition coefficient (Wildman–Crippen LogP) is 3.83. The molecule has 0 radical (unpaired) electrons. The monoisotopic (exact) mass is 489 g/mol. The van der Waals surface area contributed by atoms with Crippen LogP contribution in [0.15, 0.2) is 55.0 Å². The zero-order valence-corrected chi connectivity index (χ0v) is 18.0. The number of anilines is 2. The first-order valence-corrected chi connectivity index (χ1v) is 10.3. The Bertz CT molecular complexity index is 1340. The summed E-state index contributed by atoms with van der Waals surface area (Å²) >= 11 is 0. The Hall–Kier alpha value is -4.10. The maximum atomic E-state index is 13.9. The summed E-state index contributed by atoms with van der Waals surface area (Å²) in [7, 11) is 0. The van der Waals surface area contributed by atoms with E-state index in [-0.39, 0.29) is 6.61 Å². The standard InChI is InChI=1S/C22H19F4N7O2/c23-17-6-3-14(22(24,25)26)9-18(17)31-21(35)30-15-4-1-13(2-5-15)19-16-10-28-11-29-20(16)33(32-19)12-27-7-8-34/h1-6,9-11,27,34H,7-8,12H2,(H2,30,31,35). The summed E-state index contributed by atoms with van der Waals surface area (Å²) in [5, 5.41) is 21.8. The second-order valence-corrected chi connectivity index (χ2v) is 7.34. The highest BCUT2D eigenvalue weighted by atomic mass is 19.4. The molecule has 2 aromatic carbocycles. The van der Waals surface area contributed by atoms with Crippen LogP contribution in [0.5, 0.6) is 0 Å². The van der Waals surface area contributed by atoms with Crippen molar-refractivity contribution >= 4 is 28.4 Å². The molecule has 0 spiro atoms. The molecule has 0 saturated carbocycles. The average Bonchev–Trinajstić information content (AvgIpc) is 3.19. The minimum Gasteiger partial charge on any atom is -0.395 e. The Kier molecular flexibility index (Phi) is 6.89. The SMILES string of the molecule is O=C(Nc1ccc(-c2nn(CNCCO)c3ncncc23)cc1)Nc1cc(C(F)(F)F)ccc1F. The van der Waals surface area contributed by atoms with Crippen LogP contribution in [0.2, 0.25) is 0 Å². The van der Waals surface area contributed by atoms with Gasteiger partial charge >= 0.3 is 12.2 Å². The highest BCUT2D eigenvalue weighted by Crippen LogP contribution is 2.32. The van der Waals surface area contributed by atoms with Crippen LogP contribution in [0.4, 0.5) is 33.7 Å². The van der Waals surface area contributed by atoms with Crippen molar-refractivity contribution in [1.29, 1.82) is 0 Å². The van der Waals surface area contributed by atoms with E-state index in [2.05, 4.69) is 31.0 Å². The summed E-state index contributed by atoms with van der Waals surface area (Å²) in [6.45, 7) is 0.679. The first-order chi connectivity index (χ1) is 16.8. The van der Waals surface area contributed by atoms with E-state index in [0.717, 1.165) is 0 Å². The van der Waals surface area contributed by atoms with Crippen molar-refractivity contribution in [1.82, 2.24) is 25.1 Å². The molecule has 4 rings (SSSR count). The molecule has 0 atom stereocenters. The van der Waals surface area contributed by atoms with Crippen molar-refractivity contribution < 1.29 is 27.5 Å². The number of halogens is 4. The summed E-state index contributed by atoms with van der Waals surface area (Å²) < 4.78 is 54.1. The van der Waals surface area contributed by atoms with Gasteiger partial charge in [0.05, 0.1) is 29.9 Å². The smallest absolute Gasteiger partial charge is 0.395 e. The lowest BCUT2D eigenvalue weighted by Crippen LogP contribution is -2.22. The molecule has 0 bridgehead atoms. The van der Waals surface area contributed by atoms with E-state index in [1.807, 2.05) is 0 Å². The van der Waals surface area contributed by atoms with E-state index in [1.165, 1.54) is 6.33 Å². The number of amides is 2. The molecule has 35 heavy (non-hydrogen) atoms. The van der Waals surface area contributed by atoms with Gasteiger partial charge in [0, 0.05) is 24.0 Å². The van der Waals surface area contributed by atoms with Crippen LogP contribution in [-0.4, -0.2) is 44.0 Å². The van der Waals surface area contributed by atoms with Crippen LogP contribution in [0.3, 0.4) is 0 Å². The Morgan fingerprint density at radius 2 is 1.86 bits per heavy atom. The molecule has 2 heterocycles. The first kappa shape index (κ1) is 24.0. The third-order valence-electron chi connectivity index (χ3n) is 4.92. The lowest BCUT2D eigenvalue weighted by atomic mass is 10.1. The van der Waals surface area contributed by atoms with Gasteiger partial charge in [-0.3, -0.25) is 5.32 Å². The first-order valence-electron chi connectivity index (χ1n) is 10.3. The van der Waals surface area contributed by atoms with Gasteiger partial charge in [0.2, 0.25) is 0 Å². The Labute approximate surface area is 195 Å². The molecule has 0 saturated heterocycles. The number of aliphatic hydroxyl groups excluding tert-OH is 1. The highest BCUT2D eigenvalue weighted by Gasteiger charge is 2.31. The van der Waals surface area contributed by atoms with E-state index < -0.39 is 29.3 Å². The zero-order chi connectivity index (χ0) is 25.0. The number of nitrogens with one attached hydrogen (secondary N) is 3. The number of benzene rings is 2. The maximum Gasteiger partial charge on any atom is 0.416 e. The maximum absolute atomic E-state index is 13.9. The van der Waals surface area contributed by atoms with Crippen molar-refractivity contribution in [2.24, 2.45) is 0 Å². The van der Waals surface area contributed by atoms with Crippen molar-refractivity contribution in [2.75, 3.05) is 23.8 Å². The van der Waals surface area contributed by atoms with Crippen LogP contribution in [0, 0.1) is 5.82 Å². The number of urea groups is 1. The van der Waals surface area contributed by atoms with Gasteiger partial charge in [-0.05, 0) is 30.3 Å². The summed E-state index contributed by atoms with van der Waals surface area (Å²) in [6, 6.07) is 7.34. The fourth-order valence-electron chi connectivity index (χ4n) is 3.30. The molecule has 0 aliphatic heterocycles. The Morgan fingerprint density at radius 1 is 1.09 bits per heavy atom. The molecular formula is C22H19F4N7O2. The molecule has 182 valence electrons. The molecule has 13 heteroatoms. The Balaban J connectivity index is 1.49. The molecule has 0 fully saturated rings. The number of aliphatic hydroxyl groups is 1. The van der Waals surface area contributed by atoms with Crippen LogP contribution in [0.1, 0.15) is 5.56 Å². The quantitative estimate of drug-likeness (QED) is 0.232. The highest BCUT2D eigenvalue weighted by molar-refractivity contribution is 6.00. The molecular weight excluding hydrogens is 470 g/mol. The fourth-order valence-corrected chi connectivity index (χ4v) is 3.30. The van der Waals surface area contributed by atoms with Gasteiger partial charge in [0.1, 0.15) is 17.8 Å². The van der Waals surface area contributed by atoms with E-state index in [9.17, 15) is 22.4 Å². The number of carbonyl (C=O) groups excluding carboxylic acids is 1. The van der Waals surface area contributed by atoms with E-state index >= 15 is 0 Å². The predicted molar refractivity (Wildman–Crippen MR) is 120 cm³/mol. The van der Waals surface area contributed by atoms with Crippen molar-refractivity contribution in [3.05, 3.63) is 66.4 Å². The normalized spacial score (nSPS) is 11.6. The number of fused-ring (bicyclic) bond motifs is 1. The molecule has 4 aromatic rings. The zero-order valence-electron chi connectivity index (χ0n) is 18.0. The van der Waals surface area contributed by atoms with E-state index in [4.69, 9.17) is 5.11 Å². The number of alkyl halides is 3. The summed E-state index contributed by atoms with van der Waals surface area (Å²) in [6.07, 6.45) is -1.65. The van der Waals surface area contributed by atoms with Crippen molar-refractivity contribution in [3.63, 3.8) is 0 Å². The second kappa shape index (κ2) is 10.0. The van der Waals surface area contributed by atoms with E-state index in [1.54, 1.807) is 35.1 Å². The molecule has 0 aliphatic rings. The van der Waals surface area contributed by atoms with Gasteiger partial charge < -0.3 is 15.7 Å². The molecule has 0 unspecified atom stereocenters. The third-order valence-corrected chi connectivity index (χ3v) is 4.92.